The second-order valence-corrected chi connectivity index (χ2v) is 6.80. The number of hydrogen-bond donors (Lipinski definition) is 2. The fourth-order valence-electron chi connectivity index (χ4n) is 2.69. The van der Waals surface area contributed by atoms with Gasteiger partial charge >= 0.3 is 5.97 Å². The molecule has 0 saturated carbocycles. The summed E-state index contributed by atoms with van der Waals surface area (Å²) >= 11 is 7.44. The molecule has 124 valence electrons. The van der Waals surface area contributed by atoms with Crippen LogP contribution >= 0.6 is 22.9 Å². The van der Waals surface area contributed by atoms with Gasteiger partial charge in [-0.2, -0.15) is 0 Å². The molecule has 2 heterocycles. The zero-order valence-electron chi connectivity index (χ0n) is 12.6. The number of carboxylic acids is 1. The van der Waals surface area contributed by atoms with Gasteiger partial charge in [-0.25, -0.2) is 14.2 Å². The molecule has 0 unspecified atom stereocenters. The number of anilines is 2. The number of hydrogen-bond acceptors (Lipinski definition) is 4. The molecule has 7 heteroatoms. The first kappa shape index (κ1) is 15.8. The second kappa shape index (κ2) is 5.98. The van der Waals surface area contributed by atoms with Crippen LogP contribution in [0.3, 0.4) is 0 Å². The summed E-state index contributed by atoms with van der Waals surface area (Å²) in [6.45, 7) is 0. The summed E-state index contributed by atoms with van der Waals surface area (Å²) < 4.78 is 14.5. The van der Waals surface area contributed by atoms with Crippen molar-refractivity contribution in [3.05, 3.63) is 64.2 Å². The molecule has 0 fully saturated rings. The number of fused-ring (bicyclic) bond motifs is 3. The number of nitrogens with zero attached hydrogens (tertiary/aromatic N) is 1. The number of benzene rings is 2. The Kier molecular flexibility index (Phi) is 3.78. The van der Waals surface area contributed by atoms with Gasteiger partial charge < -0.3 is 10.4 Å². The Labute approximate surface area is 150 Å². The average Bonchev–Trinajstić information content (AvgIpc) is 3.03. The Balaban J connectivity index is 1.91. The molecular weight excluding hydrogens is 363 g/mol. The van der Waals surface area contributed by atoms with Crippen LogP contribution < -0.4 is 5.32 Å². The number of rotatable bonds is 3. The van der Waals surface area contributed by atoms with E-state index >= 15 is 0 Å². The quantitative estimate of drug-likeness (QED) is 0.485. The second-order valence-electron chi connectivity index (χ2n) is 5.44. The first-order valence-corrected chi connectivity index (χ1v) is 8.54. The molecule has 0 atom stereocenters. The van der Waals surface area contributed by atoms with Crippen molar-refractivity contribution in [3.8, 4) is 0 Å². The lowest BCUT2D eigenvalue weighted by molar-refractivity contribution is 0.0697. The van der Waals surface area contributed by atoms with Crippen molar-refractivity contribution < 1.29 is 14.3 Å². The van der Waals surface area contributed by atoms with Gasteiger partial charge in [0.05, 0.1) is 11.1 Å². The zero-order chi connectivity index (χ0) is 17.6. The lowest BCUT2D eigenvalue weighted by Gasteiger charge is -2.10. The zero-order valence-corrected chi connectivity index (χ0v) is 14.2. The molecule has 0 bridgehead atoms. The third-order valence-corrected chi connectivity index (χ3v) is 4.93. The number of halogens is 2. The molecule has 2 N–H and O–H groups in total. The lowest BCUT2D eigenvalue weighted by Crippen LogP contribution is -1.98. The van der Waals surface area contributed by atoms with Crippen molar-refractivity contribution >= 4 is 61.4 Å². The molecular formula is C18H10ClFN2O2S. The van der Waals surface area contributed by atoms with Crippen molar-refractivity contribution in [2.75, 3.05) is 5.32 Å². The highest BCUT2D eigenvalue weighted by atomic mass is 35.5. The highest BCUT2D eigenvalue weighted by molar-refractivity contribution is 7.18. The summed E-state index contributed by atoms with van der Waals surface area (Å²) in [7, 11) is 0. The first-order chi connectivity index (χ1) is 12.0. The van der Waals surface area contributed by atoms with Crippen molar-refractivity contribution in [1.29, 1.82) is 0 Å². The minimum atomic E-state index is -1.01. The number of thiophene rings is 1. The fraction of sp³-hybridized carbons (Fsp3) is 0. The van der Waals surface area contributed by atoms with Crippen LogP contribution in [0.1, 0.15) is 10.4 Å². The molecule has 0 aliphatic carbocycles. The minimum Gasteiger partial charge on any atom is -0.478 e. The van der Waals surface area contributed by atoms with E-state index < -0.39 is 11.8 Å². The summed E-state index contributed by atoms with van der Waals surface area (Å²) in [5, 5.41) is 16.2. The maximum absolute atomic E-state index is 13.6. The monoisotopic (exact) mass is 372 g/mol. The van der Waals surface area contributed by atoms with E-state index in [0.29, 0.717) is 17.0 Å². The SMILES string of the molecule is O=C(O)c1ccc2c(c1)nc(Nc1cc(F)cc(Cl)c1)c1ccsc12. The lowest BCUT2D eigenvalue weighted by atomic mass is 10.1. The van der Waals surface area contributed by atoms with Crippen LogP contribution in [0.15, 0.2) is 47.8 Å². The topological polar surface area (TPSA) is 62.2 Å². The van der Waals surface area contributed by atoms with Gasteiger partial charge in [-0.05, 0) is 41.8 Å². The highest BCUT2D eigenvalue weighted by Gasteiger charge is 2.13. The summed E-state index contributed by atoms with van der Waals surface area (Å²) in [6, 6.07) is 10.9. The minimum absolute atomic E-state index is 0.163. The first-order valence-electron chi connectivity index (χ1n) is 7.28. The van der Waals surface area contributed by atoms with E-state index in [1.807, 2.05) is 11.4 Å². The fourth-order valence-corrected chi connectivity index (χ4v) is 3.85. The summed E-state index contributed by atoms with van der Waals surface area (Å²) in [5.41, 5.74) is 1.19. The van der Waals surface area contributed by atoms with E-state index in [1.54, 1.807) is 18.2 Å². The van der Waals surface area contributed by atoms with Gasteiger partial charge in [0.2, 0.25) is 0 Å². The van der Waals surface area contributed by atoms with E-state index in [4.69, 9.17) is 11.6 Å². The van der Waals surface area contributed by atoms with Gasteiger partial charge in [-0.1, -0.05) is 17.7 Å². The van der Waals surface area contributed by atoms with Crippen LogP contribution in [0.5, 0.6) is 0 Å². The molecule has 4 aromatic rings. The predicted molar refractivity (Wildman–Crippen MR) is 98.8 cm³/mol. The van der Waals surface area contributed by atoms with Gasteiger partial charge in [0.25, 0.3) is 0 Å². The maximum Gasteiger partial charge on any atom is 0.335 e. The summed E-state index contributed by atoms with van der Waals surface area (Å²) in [4.78, 5) is 15.8. The maximum atomic E-state index is 13.6. The molecule has 0 aliphatic rings. The molecule has 4 nitrogen and oxygen atoms in total. The highest BCUT2D eigenvalue weighted by Crippen LogP contribution is 2.35. The number of carbonyl (C=O) groups is 1. The van der Waals surface area contributed by atoms with Gasteiger partial charge in [0.1, 0.15) is 11.6 Å². The molecule has 2 aromatic heterocycles. The van der Waals surface area contributed by atoms with Crippen molar-refractivity contribution in [2.24, 2.45) is 0 Å². The summed E-state index contributed by atoms with van der Waals surface area (Å²) in [6.07, 6.45) is 0. The largest absolute Gasteiger partial charge is 0.478 e. The Morgan fingerprint density at radius 3 is 2.76 bits per heavy atom. The van der Waals surface area contributed by atoms with Crippen LogP contribution in [0, 0.1) is 5.82 Å². The third-order valence-electron chi connectivity index (χ3n) is 3.77. The van der Waals surface area contributed by atoms with E-state index in [-0.39, 0.29) is 10.6 Å². The van der Waals surface area contributed by atoms with Crippen LogP contribution in [0.2, 0.25) is 5.02 Å². The van der Waals surface area contributed by atoms with E-state index in [2.05, 4.69) is 10.3 Å². The molecule has 4 rings (SSSR count). The Morgan fingerprint density at radius 1 is 1.16 bits per heavy atom. The molecule has 0 amide bonds. The molecule has 0 spiro atoms. The molecule has 2 aromatic carbocycles. The number of aromatic carboxylic acids is 1. The average molecular weight is 373 g/mol. The van der Waals surface area contributed by atoms with Crippen molar-refractivity contribution in [3.63, 3.8) is 0 Å². The number of pyridine rings is 1. The Bertz CT molecular complexity index is 1120. The van der Waals surface area contributed by atoms with Crippen LogP contribution in [-0.2, 0) is 0 Å². The predicted octanol–water partition coefficient (Wildman–Crippen LogP) is 5.68. The van der Waals surface area contributed by atoms with E-state index in [1.165, 1.54) is 29.5 Å². The molecule has 0 radical (unpaired) electrons. The Morgan fingerprint density at radius 2 is 2.00 bits per heavy atom. The van der Waals surface area contributed by atoms with E-state index in [0.717, 1.165) is 15.5 Å². The standard InChI is InChI=1S/C18H10ClFN2O2S/c19-10-6-11(20)8-12(7-10)21-17-14-3-4-25-16(14)13-2-1-9(18(23)24)5-15(13)22-17/h1-8H,(H,21,22)(H,23,24). The van der Waals surface area contributed by atoms with Crippen LogP contribution in [0.25, 0.3) is 21.0 Å². The number of nitrogens with one attached hydrogen (secondary N) is 1. The van der Waals surface area contributed by atoms with Crippen LogP contribution in [-0.4, -0.2) is 16.1 Å². The molecule has 0 aliphatic heterocycles. The number of aromatic nitrogens is 1. The smallest absolute Gasteiger partial charge is 0.335 e. The van der Waals surface area contributed by atoms with Crippen molar-refractivity contribution in [2.45, 2.75) is 0 Å². The van der Waals surface area contributed by atoms with E-state index in [9.17, 15) is 14.3 Å². The van der Waals surface area contributed by atoms with Gasteiger partial charge in [-0.3, -0.25) is 0 Å². The van der Waals surface area contributed by atoms with Gasteiger partial charge in [-0.15, -0.1) is 11.3 Å². The normalized spacial score (nSPS) is 11.1. The Hall–Kier alpha value is -2.70. The van der Waals surface area contributed by atoms with Gasteiger partial charge in [0.15, 0.2) is 0 Å². The van der Waals surface area contributed by atoms with Gasteiger partial charge in [0, 0.05) is 26.2 Å². The molecule has 0 saturated heterocycles. The number of carboxylic acid groups (broad SMARTS) is 1. The third kappa shape index (κ3) is 2.90. The van der Waals surface area contributed by atoms with Crippen molar-refractivity contribution in [1.82, 2.24) is 4.98 Å². The summed E-state index contributed by atoms with van der Waals surface area (Å²) in [5.74, 6) is -0.945. The molecule has 25 heavy (non-hydrogen) atoms. The van der Waals surface area contributed by atoms with Crippen LogP contribution in [0.4, 0.5) is 15.9 Å².